The summed E-state index contributed by atoms with van der Waals surface area (Å²) in [6.07, 6.45) is 3.51. The summed E-state index contributed by atoms with van der Waals surface area (Å²) in [5.41, 5.74) is 0.265. The summed E-state index contributed by atoms with van der Waals surface area (Å²) in [5, 5.41) is 3.54. The molecule has 0 fully saturated rings. The van der Waals surface area contributed by atoms with Gasteiger partial charge in [-0.3, -0.25) is 0 Å². The van der Waals surface area contributed by atoms with Crippen molar-refractivity contribution in [1.29, 1.82) is 0 Å². The van der Waals surface area contributed by atoms with Gasteiger partial charge >= 0.3 is 0 Å². The van der Waals surface area contributed by atoms with E-state index in [-0.39, 0.29) is 5.54 Å². The molecule has 92 valence electrons. The third-order valence-corrected chi connectivity index (χ3v) is 2.38. The number of ether oxygens (including phenoxy) is 2. The molecule has 1 N–H and O–H groups in total. The van der Waals surface area contributed by atoms with Gasteiger partial charge in [-0.2, -0.15) is 0 Å². The molecule has 0 amide bonds. The molecule has 0 saturated carbocycles. The van der Waals surface area contributed by atoms with Gasteiger partial charge in [-0.25, -0.2) is 0 Å². The fourth-order valence-electron chi connectivity index (χ4n) is 1.56. The molecule has 0 aromatic carbocycles. The smallest absolute Gasteiger partial charge is 0.0700 e. The molecule has 0 saturated heterocycles. The summed E-state index contributed by atoms with van der Waals surface area (Å²) in [4.78, 5) is 0. The molecule has 0 bridgehead atoms. The fourth-order valence-corrected chi connectivity index (χ4v) is 1.56. The van der Waals surface area contributed by atoms with E-state index in [0.717, 1.165) is 19.6 Å². The summed E-state index contributed by atoms with van der Waals surface area (Å²) in [5.74, 6) is 0. The summed E-state index contributed by atoms with van der Waals surface area (Å²) >= 11 is 0. The average Bonchev–Trinajstić information content (AvgIpc) is 2.16. The zero-order valence-electron chi connectivity index (χ0n) is 10.8. The minimum Gasteiger partial charge on any atom is -0.382 e. The van der Waals surface area contributed by atoms with E-state index in [9.17, 15) is 0 Å². The second-order valence-electron chi connectivity index (χ2n) is 4.52. The highest BCUT2D eigenvalue weighted by Gasteiger charge is 2.14. The van der Waals surface area contributed by atoms with Crippen molar-refractivity contribution < 1.29 is 9.47 Å². The standard InChI is InChI=1S/C12H27NO2/c1-5-7-12(2,3)13-8-6-9-15-11-10-14-4/h13H,5-11H2,1-4H3. The van der Waals surface area contributed by atoms with E-state index in [1.54, 1.807) is 7.11 Å². The molecule has 3 heteroatoms. The van der Waals surface area contributed by atoms with Gasteiger partial charge in [0.15, 0.2) is 0 Å². The van der Waals surface area contributed by atoms with Crippen LogP contribution in [0.2, 0.25) is 0 Å². The fraction of sp³-hybridized carbons (Fsp3) is 1.00. The Morgan fingerprint density at radius 1 is 1.13 bits per heavy atom. The van der Waals surface area contributed by atoms with E-state index in [0.29, 0.717) is 13.2 Å². The van der Waals surface area contributed by atoms with E-state index < -0.39 is 0 Å². The van der Waals surface area contributed by atoms with Crippen molar-refractivity contribution in [3.63, 3.8) is 0 Å². The van der Waals surface area contributed by atoms with Crippen LogP contribution in [0.3, 0.4) is 0 Å². The Labute approximate surface area is 94.5 Å². The minimum absolute atomic E-state index is 0.265. The van der Waals surface area contributed by atoms with Crippen molar-refractivity contribution in [3.8, 4) is 0 Å². The summed E-state index contributed by atoms with van der Waals surface area (Å²) in [6, 6.07) is 0. The van der Waals surface area contributed by atoms with Crippen LogP contribution in [-0.4, -0.2) is 39.0 Å². The number of nitrogens with one attached hydrogen (secondary N) is 1. The SMILES string of the molecule is CCCC(C)(C)NCCCOCCOC. The van der Waals surface area contributed by atoms with Crippen LogP contribution in [0.5, 0.6) is 0 Å². The molecule has 0 aromatic heterocycles. The van der Waals surface area contributed by atoms with Crippen LogP contribution in [0, 0.1) is 0 Å². The van der Waals surface area contributed by atoms with Crippen molar-refractivity contribution in [3.05, 3.63) is 0 Å². The lowest BCUT2D eigenvalue weighted by atomic mass is 9.99. The molecule has 0 aromatic rings. The molecule has 0 unspecified atom stereocenters. The maximum absolute atomic E-state index is 5.38. The molecule has 0 rings (SSSR count). The van der Waals surface area contributed by atoms with Gasteiger partial charge in [0.2, 0.25) is 0 Å². The Hall–Kier alpha value is -0.120. The maximum atomic E-state index is 5.38. The first kappa shape index (κ1) is 14.9. The summed E-state index contributed by atoms with van der Waals surface area (Å²) in [6.45, 7) is 9.96. The summed E-state index contributed by atoms with van der Waals surface area (Å²) < 4.78 is 10.3. The van der Waals surface area contributed by atoms with Crippen molar-refractivity contribution >= 4 is 0 Å². The molecule has 0 radical (unpaired) electrons. The first-order valence-electron chi connectivity index (χ1n) is 5.94. The lowest BCUT2D eigenvalue weighted by Gasteiger charge is -2.25. The first-order chi connectivity index (χ1) is 7.12. The third kappa shape index (κ3) is 10.2. The van der Waals surface area contributed by atoms with Gasteiger partial charge in [0, 0.05) is 19.3 Å². The Kier molecular flexibility index (Phi) is 9.06. The van der Waals surface area contributed by atoms with Crippen molar-refractivity contribution in [1.82, 2.24) is 5.32 Å². The molecule has 0 atom stereocenters. The molecule has 0 aliphatic rings. The van der Waals surface area contributed by atoms with Gasteiger partial charge < -0.3 is 14.8 Å². The molecule has 0 heterocycles. The van der Waals surface area contributed by atoms with E-state index in [2.05, 4.69) is 26.1 Å². The third-order valence-electron chi connectivity index (χ3n) is 2.38. The highest BCUT2D eigenvalue weighted by atomic mass is 16.5. The van der Waals surface area contributed by atoms with Crippen LogP contribution in [0.1, 0.15) is 40.0 Å². The topological polar surface area (TPSA) is 30.5 Å². The predicted molar refractivity (Wildman–Crippen MR) is 64.3 cm³/mol. The summed E-state index contributed by atoms with van der Waals surface area (Å²) in [7, 11) is 1.69. The van der Waals surface area contributed by atoms with Crippen LogP contribution in [0.4, 0.5) is 0 Å². The first-order valence-corrected chi connectivity index (χ1v) is 5.94. The Morgan fingerprint density at radius 2 is 1.87 bits per heavy atom. The lowest BCUT2D eigenvalue weighted by molar-refractivity contribution is 0.0688. The largest absolute Gasteiger partial charge is 0.382 e. The van der Waals surface area contributed by atoms with Gasteiger partial charge in [-0.05, 0) is 33.2 Å². The predicted octanol–water partition coefficient (Wildman–Crippen LogP) is 2.21. The molecular formula is C12H27NO2. The van der Waals surface area contributed by atoms with Crippen LogP contribution in [0.25, 0.3) is 0 Å². The van der Waals surface area contributed by atoms with E-state index in [4.69, 9.17) is 9.47 Å². The quantitative estimate of drug-likeness (QED) is 0.569. The van der Waals surface area contributed by atoms with Gasteiger partial charge in [-0.15, -0.1) is 0 Å². The van der Waals surface area contributed by atoms with Gasteiger partial charge in [-0.1, -0.05) is 13.3 Å². The Morgan fingerprint density at radius 3 is 2.47 bits per heavy atom. The Bertz CT molecular complexity index is 138. The van der Waals surface area contributed by atoms with Crippen LogP contribution in [0.15, 0.2) is 0 Å². The van der Waals surface area contributed by atoms with Crippen molar-refractivity contribution in [2.75, 3.05) is 33.5 Å². The maximum Gasteiger partial charge on any atom is 0.0700 e. The number of hydrogen-bond acceptors (Lipinski definition) is 3. The van der Waals surface area contributed by atoms with Gasteiger partial charge in [0.25, 0.3) is 0 Å². The highest BCUT2D eigenvalue weighted by molar-refractivity contribution is 4.76. The van der Waals surface area contributed by atoms with Crippen LogP contribution in [-0.2, 0) is 9.47 Å². The van der Waals surface area contributed by atoms with E-state index in [1.165, 1.54) is 12.8 Å². The van der Waals surface area contributed by atoms with Crippen LogP contribution < -0.4 is 5.32 Å². The molecule has 0 spiro atoms. The monoisotopic (exact) mass is 217 g/mol. The molecule has 3 nitrogen and oxygen atoms in total. The molecule has 0 aliphatic carbocycles. The molecule has 15 heavy (non-hydrogen) atoms. The normalized spacial score (nSPS) is 12.0. The number of hydrogen-bond donors (Lipinski definition) is 1. The zero-order chi connectivity index (χ0) is 11.6. The van der Waals surface area contributed by atoms with Crippen molar-refractivity contribution in [2.45, 2.75) is 45.6 Å². The van der Waals surface area contributed by atoms with Crippen LogP contribution >= 0.6 is 0 Å². The van der Waals surface area contributed by atoms with E-state index >= 15 is 0 Å². The molecular weight excluding hydrogens is 190 g/mol. The van der Waals surface area contributed by atoms with Gasteiger partial charge in [0.1, 0.15) is 0 Å². The lowest BCUT2D eigenvalue weighted by Crippen LogP contribution is -2.39. The molecule has 0 aliphatic heterocycles. The average molecular weight is 217 g/mol. The second-order valence-corrected chi connectivity index (χ2v) is 4.52. The minimum atomic E-state index is 0.265. The highest BCUT2D eigenvalue weighted by Crippen LogP contribution is 2.09. The Balaban J connectivity index is 3.22. The van der Waals surface area contributed by atoms with Crippen molar-refractivity contribution in [2.24, 2.45) is 0 Å². The zero-order valence-corrected chi connectivity index (χ0v) is 10.8. The number of rotatable bonds is 10. The van der Waals surface area contributed by atoms with Gasteiger partial charge in [0.05, 0.1) is 13.2 Å². The number of methoxy groups -OCH3 is 1. The van der Waals surface area contributed by atoms with E-state index in [1.807, 2.05) is 0 Å². The second kappa shape index (κ2) is 9.13.